The van der Waals surface area contributed by atoms with Crippen LogP contribution in [0.1, 0.15) is 50.2 Å². The summed E-state index contributed by atoms with van der Waals surface area (Å²) in [7, 11) is 1.84. The molecule has 0 bridgehead atoms. The van der Waals surface area contributed by atoms with E-state index in [1.54, 1.807) is 0 Å². The molecule has 0 spiro atoms. The van der Waals surface area contributed by atoms with Crippen LogP contribution in [0.4, 0.5) is 0 Å². The molecule has 1 aromatic rings. The first-order valence-electron chi connectivity index (χ1n) is 9.45. The Morgan fingerprint density at radius 1 is 1.16 bits per heavy atom. The van der Waals surface area contributed by atoms with Gasteiger partial charge >= 0.3 is 0 Å². The van der Waals surface area contributed by atoms with Crippen LogP contribution >= 0.6 is 24.0 Å². The molecule has 7 nitrogen and oxygen atoms in total. The predicted octanol–water partition coefficient (Wildman–Crippen LogP) is 1.52. The summed E-state index contributed by atoms with van der Waals surface area (Å²) in [5.41, 5.74) is 0. The molecule has 25 heavy (non-hydrogen) atoms. The third-order valence-electron chi connectivity index (χ3n) is 5.73. The van der Waals surface area contributed by atoms with Crippen LogP contribution in [0.15, 0.2) is 4.99 Å². The molecule has 2 aliphatic heterocycles. The molecule has 0 radical (unpaired) electrons. The van der Waals surface area contributed by atoms with Gasteiger partial charge in [-0.25, -0.2) is 0 Å². The molecule has 1 unspecified atom stereocenters. The van der Waals surface area contributed by atoms with E-state index in [1.165, 1.54) is 45.1 Å². The first-order valence-corrected chi connectivity index (χ1v) is 9.45. The molecule has 1 saturated heterocycles. The van der Waals surface area contributed by atoms with E-state index in [1.807, 2.05) is 7.05 Å². The largest absolute Gasteiger partial charge is 0.352 e. The number of aryl methyl sites for hydroxylation is 1. The Hall–Kier alpha value is -0.900. The number of hydrogen-bond acceptors (Lipinski definition) is 4. The van der Waals surface area contributed by atoms with Crippen molar-refractivity contribution in [1.82, 2.24) is 30.3 Å². The zero-order valence-electron chi connectivity index (χ0n) is 15.1. The van der Waals surface area contributed by atoms with Crippen LogP contribution in [0.3, 0.4) is 0 Å². The highest BCUT2D eigenvalue weighted by Gasteiger charge is 2.30. The molecular formula is C17H30IN7. The summed E-state index contributed by atoms with van der Waals surface area (Å²) in [5.74, 6) is 3.02. The van der Waals surface area contributed by atoms with Crippen LogP contribution in [0.25, 0.3) is 0 Å². The Morgan fingerprint density at radius 3 is 2.80 bits per heavy atom. The van der Waals surface area contributed by atoms with Crippen LogP contribution in [0.2, 0.25) is 0 Å². The van der Waals surface area contributed by atoms with Crippen molar-refractivity contribution in [3.8, 4) is 0 Å². The lowest BCUT2D eigenvalue weighted by molar-refractivity contribution is 0.242. The van der Waals surface area contributed by atoms with E-state index >= 15 is 0 Å². The number of hydrogen-bond donors (Lipinski definition) is 2. The molecule has 4 rings (SSSR count). The smallest absolute Gasteiger partial charge is 0.191 e. The van der Waals surface area contributed by atoms with E-state index in [0.29, 0.717) is 12.6 Å². The Bertz CT molecular complexity index is 594. The van der Waals surface area contributed by atoms with E-state index < -0.39 is 0 Å². The van der Waals surface area contributed by atoms with Crippen molar-refractivity contribution in [1.29, 1.82) is 0 Å². The second kappa shape index (κ2) is 8.66. The van der Waals surface area contributed by atoms with Gasteiger partial charge in [-0.05, 0) is 25.7 Å². The molecule has 0 aromatic carbocycles. The number of guanidine groups is 1. The standard InChI is InChI=1S/C17H29N7.HI/c1-18-17(19-11-16-22-21-15-7-4-9-24(15)16)20-13-8-10-23(12-13)14-5-2-3-6-14;/h13-14H,2-12H2,1H3,(H2,18,19,20);1H. The van der Waals surface area contributed by atoms with E-state index in [0.717, 1.165) is 43.2 Å². The first-order chi connectivity index (χ1) is 11.8. The number of rotatable bonds is 4. The Labute approximate surface area is 167 Å². The maximum atomic E-state index is 4.39. The normalized spacial score (nSPS) is 24.4. The van der Waals surface area contributed by atoms with Gasteiger partial charge in [0.05, 0.1) is 6.54 Å². The van der Waals surface area contributed by atoms with Gasteiger partial charge in [0.15, 0.2) is 11.8 Å². The first kappa shape index (κ1) is 18.9. The Kier molecular flexibility index (Phi) is 6.54. The Balaban J connectivity index is 0.00000182. The molecule has 1 saturated carbocycles. The van der Waals surface area contributed by atoms with Crippen molar-refractivity contribution < 1.29 is 0 Å². The highest BCUT2D eigenvalue weighted by molar-refractivity contribution is 14.0. The summed E-state index contributed by atoms with van der Waals surface area (Å²) in [6, 6.07) is 1.33. The minimum atomic E-state index is 0. The SMILES string of the molecule is CN=C(NCc1nnc2n1CCC2)NC1CCN(C2CCCC2)C1.I. The zero-order valence-corrected chi connectivity index (χ0v) is 17.4. The van der Waals surface area contributed by atoms with Gasteiger partial charge in [0.1, 0.15) is 5.82 Å². The molecule has 1 aliphatic carbocycles. The summed E-state index contributed by atoms with van der Waals surface area (Å²) in [4.78, 5) is 7.06. The van der Waals surface area contributed by atoms with Crippen molar-refractivity contribution in [2.75, 3.05) is 20.1 Å². The van der Waals surface area contributed by atoms with Crippen LogP contribution < -0.4 is 10.6 Å². The number of nitrogens with zero attached hydrogens (tertiary/aromatic N) is 5. The van der Waals surface area contributed by atoms with Gasteiger partial charge in [0.25, 0.3) is 0 Å². The van der Waals surface area contributed by atoms with Crippen LogP contribution in [0.5, 0.6) is 0 Å². The predicted molar refractivity (Wildman–Crippen MR) is 109 cm³/mol. The van der Waals surface area contributed by atoms with Gasteiger partial charge in [-0.2, -0.15) is 0 Å². The minimum absolute atomic E-state index is 0. The van der Waals surface area contributed by atoms with Gasteiger partial charge in [-0.15, -0.1) is 34.2 Å². The molecule has 2 fully saturated rings. The highest BCUT2D eigenvalue weighted by atomic mass is 127. The van der Waals surface area contributed by atoms with Crippen molar-refractivity contribution in [3.63, 3.8) is 0 Å². The van der Waals surface area contributed by atoms with Crippen molar-refractivity contribution in [2.24, 2.45) is 4.99 Å². The number of fused-ring (bicyclic) bond motifs is 1. The summed E-state index contributed by atoms with van der Waals surface area (Å²) in [6.45, 7) is 4.10. The summed E-state index contributed by atoms with van der Waals surface area (Å²) in [6.07, 6.45) is 9.03. The monoisotopic (exact) mass is 459 g/mol. The van der Waals surface area contributed by atoms with Gasteiger partial charge in [-0.3, -0.25) is 9.89 Å². The zero-order chi connectivity index (χ0) is 16.4. The molecule has 1 aromatic heterocycles. The second-order valence-electron chi connectivity index (χ2n) is 7.28. The highest BCUT2D eigenvalue weighted by Crippen LogP contribution is 2.26. The number of halogens is 1. The third-order valence-corrected chi connectivity index (χ3v) is 5.73. The average Bonchev–Trinajstić information content (AvgIpc) is 3.36. The molecular weight excluding hydrogens is 429 g/mol. The number of likely N-dealkylation sites (tertiary alicyclic amines) is 1. The van der Waals surface area contributed by atoms with Crippen molar-refractivity contribution in [3.05, 3.63) is 11.6 Å². The number of nitrogens with one attached hydrogen (secondary N) is 2. The molecule has 3 aliphatic rings. The quantitative estimate of drug-likeness (QED) is 0.406. The van der Waals surface area contributed by atoms with Crippen LogP contribution in [-0.4, -0.2) is 57.8 Å². The summed E-state index contributed by atoms with van der Waals surface area (Å²) in [5, 5.41) is 15.6. The van der Waals surface area contributed by atoms with E-state index in [4.69, 9.17) is 0 Å². The van der Waals surface area contributed by atoms with Crippen LogP contribution in [-0.2, 0) is 19.5 Å². The fraction of sp³-hybridized carbons (Fsp3) is 0.824. The maximum Gasteiger partial charge on any atom is 0.191 e. The summed E-state index contributed by atoms with van der Waals surface area (Å²) < 4.78 is 2.23. The van der Waals surface area contributed by atoms with Gasteiger partial charge in [0, 0.05) is 45.2 Å². The van der Waals surface area contributed by atoms with E-state index in [9.17, 15) is 0 Å². The van der Waals surface area contributed by atoms with Gasteiger partial charge in [-0.1, -0.05) is 12.8 Å². The topological polar surface area (TPSA) is 70.4 Å². The van der Waals surface area contributed by atoms with E-state index in [2.05, 4.69) is 35.3 Å². The van der Waals surface area contributed by atoms with Gasteiger partial charge < -0.3 is 15.2 Å². The molecule has 1 atom stereocenters. The number of aromatic nitrogens is 3. The molecule has 3 heterocycles. The minimum Gasteiger partial charge on any atom is -0.352 e. The second-order valence-corrected chi connectivity index (χ2v) is 7.28. The third kappa shape index (κ3) is 4.27. The lowest BCUT2D eigenvalue weighted by Gasteiger charge is -2.24. The number of aliphatic imine (C=N–C) groups is 1. The Morgan fingerprint density at radius 2 is 2.00 bits per heavy atom. The van der Waals surface area contributed by atoms with E-state index in [-0.39, 0.29) is 24.0 Å². The van der Waals surface area contributed by atoms with Crippen molar-refractivity contribution in [2.45, 2.75) is 70.1 Å². The molecule has 8 heteroatoms. The van der Waals surface area contributed by atoms with Crippen molar-refractivity contribution >= 4 is 29.9 Å². The molecule has 140 valence electrons. The molecule has 0 amide bonds. The van der Waals surface area contributed by atoms with Crippen LogP contribution in [0, 0.1) is 0 Å². The molecule has 2 N–H and O–H groups in total. The maximum absolute atomic E-state index is 4.39. The summed E-state index contributed by atoms with van der Waals surface area (Å²) >= 11 is 0. The lowest BCUT2D eigenvalue weighted by Crippen LogP contribution is -2.45. The van der Waals surface area contributed by atoms with Gasteiger partial charge in [0.2, 0.25) is 0 Å². The fourth-order valence-corrected chi connectivity index (χ4v) is 4.40. The average molecular weight is 459 g/mol. The lowest BCUT2D eigenvalue weighted by atomic mass is 10.2. The fourth-order valence-electron chi connectivity index (χ4n) is 4.40.